The molecule has 0 aliphatic rings. The molecule has 0 aromatic heterocycles. The summed E-state index contributed by atoms with van der Waals surface area (Å²) < 4.78 is 5.55. The van der Waals surface area contributed by atoms with Crippen molar-refractivity contribution in [3.63, 3.8) is 0 Å². The van der Waals surface area contributed by atoms with E-state index >= 15 is 0 Å². The average Bonchev–Trinajstić information content (AvgIpc) is 2.53. The van der Waals surface area contributed by atoms with Crippen molar-refractivity contribution < 1.29 is 14.6 Å². The van der Waals surface area contributed by atoms with Crippen molar-refractivity contribution in [2.75, 3.05) is 6.54 Å². The van der Waals surface area contributed by atoms with Crippen LogP contribution in [0.25, 0.3) is 0 Å². The second kappa shape index (κ2) is 7.61. The Morgan fingerprint density at radius 3 is 2.32 bits per heavy atom. The SMILES string of the molecule is CC(C)Oc1ccc(C(O)CNC(=O)c2ccccc2)cc1. The number of aliphatic hydroxyl groups excluding tert-OH is 1. The first kappa shape index (κ1) is 16.0. The smallest absolute Gasteiger partial charge is 0.251 e. The van der Waals surface area contributed by atoms with E-state index < -0.39 is 6.10 Å². The molecule has 0 heterocycles. The number of carbonyl (C=O) groups is 1. The summed E-state index contributed by atoms with van der Waals surface area (Å²) in [5.74, 6) is 0.568. The van der Waals surface area contributed by atoms with Gasteiger partial charge in [-0.15, -0.1) is 0 Å². The normalized spacial score (nSPS) is 12.0. The first-order valence-corrected chi connectivity index (χ1v) is 7.34. The zero-order valence-electron chi connectivity index (χ0n) is 12.8. The van der Waals surface area contributed by atoms with Crippen molar-refractivity contribution in [1.29, 1.82) is 0 Å². The Morgan fingerprint density at radius 2 is 1.73 bits per heavy atom. The summed E-state index contributed by atoms with van der Waals surface area (Å²) in [5, 5.41) is 12.9. The molecule has 0 saturated carbocycles. The molecule has 2 aromatic rings. The fourth-order valence-corrected chi connectivity index (χ4v) is 2.04. The van der Waals surface area contributed by atoms with Gasteiger partial charge < -0.3 is 15.2 Å². The Kier molecular flexibility index (Phi) is 5.55. The second-order valence-corrected chi connectivity index (χ2v) is 5.33. The molecule has 0 saturated heterocycles. The van der Waals surface area contributed by atoms with E-state index in [0.29, 0.717) is 5.56 Å². The first-order chi connectivity index (χ1) is 10.6. The van der Waals surface area contributed by atoms with Crippen LogP contribution in [0.5, 0.6) is 5.75 Å². The van der Waals surface area contributed by atoms with Gasteiger partial charge in [-0.2, -0.15) is 0 Å². The summed E-state index contributed by atoms with van der Waals surface area (Å²) in [6, 6.07) is 16.2. The molecular weight excluding hydrogens is 278 g/mol. The fourth-order valence-electron chi connectivity index (χ4n) is 2.04. The van der Waals surface area contributed by atoms with E-state index in [9.17, 15) is 9.90 Å². The Balaban J connectivity index is 1.89. The molecule has 0 fully saturated rings. The molecule has 22 heavy (non-hydrogen) atoms. The number of ether oxygens (including phenoxy) is 1. The van der Waals surface area contributed by atoms with E-state index in [1.807, 2.05) is 32.0 Å². The summed E-state index contributed by atoms with van der Waals surface area (Å²) in [7, 11) is 0. The van der Waals surface area contributed by atoms with Crippen molar-refractivity contribution >= 4 is 5.91 Å². The van der Waals surface area contributed by atoms with Crippen LogP contribution >= 0.6 is 0 Å². The lowest BCUT2D eigenvalue weighted by molar-refractivity contribution is 0.0916. The van der Waals surface area contributed by atoms with Crippen molar-refractivity contribution in [2.45, 2.75) is 26.1 Å². The lowest BCUT2D eigenvalue weighted by atomic mass is 10.1. The number of hydrogen-bond donors (Lipinski definition) is 2. The molecule has 0 bridgehead atoms. The summed E-state index contributed by atoms with van der Waals surface area (Å²) in [4.78, 5) is 11.9. The highest BCUT2D eigenvalue weighted by molar-refractivity contribution is 5.94. The minimum Gasteiger partial charge on any atom is -0.491 e. The highest BCUT2D eigenvalue weighted by Gasteiger charge is 2.11. The number of benzene rings is 2. The number of carbonyl (C=O) groups excluding carboxylic acids is 1. The van der Waals surface area contributed by atoms with Gasteiger partial charge in [0.2, 0.25) is 0 Å². The summed E-state index contributed by atoms with van der Waals surface area (Å²) in [5.41, 5.74) is 1.32. The number of hydrogen-bond acceptors (Lipinski definition) is 3. The highest BCUT2D eigenvalue weighted by Crippen LogP contribution is 2.18. The topological polar surface area (TPSA) is 58.6 Å². The molecule has 1 unspecified atom stereocenters. The van der Waals surface area contributed by atoms with Gasteiger partial charge in [-0.3, -0.25) is 4.79 Å². The van der Waals surface area contributed by atoms with Crippen LogP contribution in [0.3, 0.4) is 0 Å². The van der Waals surface area contributed by atoms with E-state index in [4.69, 9.17) is 4.74 Å². The van der Waals surface area contributed by atoms with Gasteiger partial charge in [0, 0.05) is 12.1 Å². The van der Waals surface area contributed by atoms with Gasteiger partial charge in [0.25, 0.3) is 5.91 Å². The van der Waals surface area contributed by atoms with E-state index in [2.05, 4.69) is 5.32 Å². The van der Waals surface area contributed by atoms with Crippen LogP contribution in [0.1, 0.15) is 35.9 Å². The van der Waals surface area contributed by atoms with Crippen LogP contribution in [-0.4, -0.2) is 23.7 Å². The van der Waals surface area contributed by atoms with Crippen LogP contribution < -0.4 is 10.1 Å². The molecule has 4 nitrogen and oxygen atoms in total. The van der Waals surface area contributed by atoms with Gasteiger partial charge in [-0.1, -0.05) is 30.3 Å². The first-order valence-electron chi connectivity index (χ1n) is 7.34. The third kappa shape index (κ3) is 4.60. The van der Waals surface area contributed by atoms with Gasteiger partial charge in [-0.25, -0.2) is 0 Å². The van der Waals surface area contributed by atoms with Gasteiger partial charge in [-0.05, 0) is 43.7 Å². The Bertz CT molecular complexity index is 593. The van der Waals surface area contributed by atoms with Crippen LogP contribution in [0.2, 0.25) is 0 Å². The maximum atomic E-state index is 11.9. The fraction of sp³-hybridized carbons (Fsp3) is 0.278. The minimum atomic E-state index is -0.749. The van der Waals surface area contributed by atoms with Gasteiger partial charge in [0.05, 0.1) is 12.2 Å². The van der Waals surface area contributed by atoms with Crippen LogP contribution in [-0.2, 0) is 0 Å². The maximum Gasteiger partial charge on any atom is 0.251 e. The van der Waals surface area contributed by atoms with Crippen LogP contribution in [0.15, 0.2) is 54.6 Å². The van der Waals surface area contributed by atoms with Crippen LogP contribution in [0.4, 0.5) is 0 Å². The molecule has 0 aliphatic heterocycles. The van der Waals surface area contributed by atoms with Crippen LogP contribution in [0, 0.1) is 0 Å². The van der Waals surface area contributed by atoms with Gasteiger partial charge >= 0.3 is 0 Å². The molecule has 4 heteroatoms. The van der Waals surface area contributed by atoms with E-state index in [1.165, 1.54) is 0 Å². The van der Waals surface area contributed by atoms with Crippen molar-refractivity contribution in [1.82, 2.24) is 5.32 Å². The zero-order valence-corrected chi connectivity index (χ0v) is 12.8. The molecule has 0 radical (unpaired) electrons. The third-order valence-electron chi connectivity index (χ3n) is 3.13. The van der Waals surface area contributed by atoms with E-state index in [1.54, 1.807) is 36.4 Å². The zero-order chi connectivity index (χ0) is 15.9. The predicted molar refractivity (Wildman–Crippen MR) is 85.9 cm³/mol. The number of nitrogens with one attached hydrogen (secondary N) is 1. The second-order valence-electron chi connectivity index (χ2n) is 5.33. The quantitative estimate of drug-likeness (QED) is 0.862. The van der Waals surface area contributed by atoms with Crippen molar-refractivity contribution in [3.05, 3.63) is 65.7 Å². The Labute approximate surface area is 130 Å². The summed E-state index contributed by atoms with van der Waals surface area (Å²) >= 11 is 0. The highest BCUT2D eigenvalue weighted by atomic mass is 16.5. The number of aliphatic hydroxyl groups is 1. The molecule has 2 aromatic carbocycles. The standard InChI is InChI=1S/C18H21NO3/c1-13(2)22-16-10-8-14(9-11-16)17(20)12-19-18(21)15-6-4-3-5-7-15/h3-11,13,17,20H,12H2,1-2H3,(H,19,21). The van der Waals surface area contributed by atoms with E-state index in [0.717, 1.165) is 11.3 Å². The molecule has 1 atom stereocenters. The molecule has 2 rings (SSSR count). The monoisotopic (exact) mass is 299 g/mol. The summed E-state index contributed by atoms with van der Waals surface area (Å²) in [6.07, 6.45) is -0.637. The Hall–Kier alpha value is -2.33. The van der Waals surface area contributed by atoms with Crippen molar-refractivity contribution in [3.8, 4) is 5.75 Å². The number of rotatable bonds is 6. The maximum absolute atomic E-state index is 11.9. The molecule has 0 aliphatic carbocycles. The molecule has 2 N–H and O–H groups in total. The lowest BCUT2D eigenvalue weighted by Gasteiger charge is -2.14. The largest absolute Gasteiger partial charge is 0.491 e. The Morgan fingerprint density at radius 1 is 1.09 bits per heavy atom. The van der Waals surface area contributed by atoms with E-state index in [-0.39, 0.29) is 18.6 Å². The third-order valence-corrected chi connectivity index (χ3v) is 3.13. The molecule has 0 spiro atoms. The van der Waals surface area contributed by atoms with Gasteiger partial charge in [0.15, 0.2) is 0 Å². The molecular formula is C18H21NO3. The average molecular weight is 299 g/mol. The molecule has 116 valence electrons. The van der Waals surface area contributed by atoms with Gasteiger partial charge in [0.1, 0.15) is 5.75 Å². The number of amides is 1. The van der Waals surface area contributed by atoms with Crippen molar-refractivity contribution in [2.24, 2.45) is 0 Å². The molecule has 1 amide bonds. The predicted octanol–water partition coefficient (Wildman–Crippen LogP) is 2.94. The summed E-state index contributed by atoms with van der Waals surface area (Å²) in [6.45, 7) is 4.09. The lowest BCUT2D eigenvalue weighted by Crippen LogP contribution is -2.28. The minimum absolute atomic E-state index is 0.112.